The van der Waals surface area contributed by atoms with Crippen LogP contribution in [-0.2, 0) is 11.3 Å². The smallest absolute Gasteiger partial charge is 0.257 e. The first-order valence-electron chi connectivity index (χ1n) is 11.2. The van der Waals surface area contributed by atoms with E-state index in [9.17, 15) is 13.6 Å². The predicted molar refractivity (Wildman–Crippen MR) is 125 cm³/mol. The van der Waals surface area contributed by atoms with Gasteiger partial charge in [0, 0.05) is 50.0 Å². The molecule has 1 aliphatic rings. The molecule has 36 heavy (non-hydrogen) atoms. The molecule has 186 valence electrons. The number of nitrogens with one attached hydrogen (secondary N) is 1. The number of methoxy groups -OCH3 is 1. The van der Waals surface area contributed by atoms with Gasteiger partial charge >= 0.3 is 0 Å². The molecule has 0 aromatic carbocycles. The fourth-order valence-electron chi connectivity index (χ4n) is 4.06. The van der Waals surface area contributed by atoms with E-state index in [4.69, 9.17) is 4.74 Å². The molecule has 0 bridgehead atoms. The van der Waals surface area contributed by atoms with E-state index in [1.807, 2.05) is 12.1 Å². The number of anilines is 2. The zero-order valence-corrected chi connectivity index (χ0v) is 19.5. The summed E-state index contributed by atoms with van der Waals surface area (Å²) in [7, 11) is 3.20. The molecule has 0 radical (unpaired) electrons. The molecule has 5 heterocycles. The van der Waals surface area contributed by atoms with Crippen LogP contribution in [0.4, 0.5) is 20.4 Å². The number of amides is 1. The minimum absolute atomic E-state index is 0.0943. The van der Waals surface area contributed by atoms with Crippen molar-refractivity contribution in [1.82, 2.24) is 39.4 Å². The van der Waals surface area contributed by atoms with Crippen LogP contribution in [0, 0.1) is 0 Å². The molecule has 0 unspecified atom stereocenters. The highest BCUT2D eigenvalue weighted by Crippen LogP contribution is 2.30. The highest BCUT2D eigenvalue weighted by molar-refractivity contribution is 5.85. The molecule has 0 aliphatic carbocycles. The quantitative estimate of drug-likeness (QED) is 0.397. The monoisotopic (exact) mass is 495 g/mol. The van der Waals surface area contributed by atoms with E-state index in [0.717, 1.165) is 28.8 Å². The SMILES string of the molecule is COc1nn(CC(F)F)cc1Nc1nccc(-n2ccc(-c3cncc([C@H]4CCN(C)C4=O)c3)n2)n1. The van der Waals surface area contributed by atoms with Crippen LogP contribution in [0.5, 0.6) is 5.88 Å². The number of hydrogen-bond donors (Lipinski definition) is 1. The molecule has 4 aromatic heterocycles. The maximum atomic E-state index is 12.7. The van der Waals surface area contributed by atoms with E-state index < -0.39 is 13.0 Å². The molecule has 4 aromatic rings. The second kappa shape index (κ2) is 9.68. The summed E-state index contributed by atoms with van der Waals surface area (Å²) in [6.45, 7) is 0.169. The summed E-state index contributed by atoms with van der Waals surface area (Å²) in [5.41, 5.74) is 2.68. The average Bonchev–Trinajstić information content (AvgIpc) is 3.59. The molecule has 13 heteroatoms. The van der Waals surface area contributed by atoms with Crippen molar-refractivity contribution in [3.63, 3.8) is 0 Å². The molecule has 5 rings (SSSR count). The third-order valence-electron chi connectivity index (χ3n) is 5.84. The number of halogens is 2. The first-order chi connectivity index (χ1) is 17.4. The number of alkyl halides is 2. The van der Waals surface area contributed by atoms with Crippen molar-refractivity contribution in [2.45, 2.75) is 25.3 Å². The molecule has 1 aliphatic heterocycles. The van der Waals surface area contributed by atoms with E-state index in [-0.39, 0.29) is 23.7 Å². The van der Waals surface area contributed by atoms with Crippen molar-refractivity contribution < 1.29 is 18.3 Å². The Morgan fingerprint density at radius 3 is 2.86 bits per heavy atom. The van der Waals surface area contributed by atoms with Gasteiger partial charge in [-0.25, -0.2) is 18.4 Å². The molecule has 1 atom stereocenters. The zero-order valence-electron chi connectivity index (χ0n) is 19.5. The van der Waals surface area contributed by atoms with Crippen LogP contribution in [0.3, 0.4) is 0 Å². The van der Waals surface area contributed by atoms with Gasteiger partial charge in [0.05, 0.1) is 24.9 Å². The lowest BCUT2D eigenvalue weighted by molar-refractivity contribution is -0.127. The third-order valence-corrected chi connectivity index (χ3v) is 5.84. The average molecular weight is 495 g/mol. The highest BCUT2D eigenvalue weighted by atomic mass is 19.3. The van der Waals surface area contributed by atoms with Gasteiger partial charge in [-0.15, -0.1) is 5.10 Å². The van der Waals surface area contributed by atoms with Gasteiger partial charge in [0.1, 0.15) is 12.2 Å². The van der Waals surface area contributed by atoms with Crippen molar-refractivity contribution >= 4 is 17.5 Å². The summed E-state index contributed by atoms with van der Waals surface area (Å²) in [6, 6.07) is 5.45. The molecule has 1 saturated heterocycles. The Morgan fingerprint density at radius 1 is 1.25 bits per heavy atom. The van der Waals surface area contributed by atoms with Gasteiger partial charge in [-0.05, 0) is 24.1 Å². The fourth-order valence-corrected chi connectivity index (χ4v) is 4.06. The standard InChI is InChI=1S/C23H23F2N9O2/c1-32-7-4-16(22(32)35)14-9-15(11-26-10-14)17-5-8-34(30-17)20-3-6-27-23(29-20)28-18-12-33(13-19(24)25)31-21(18)36-2/h3,5-6,8-12,16,19H,4,7,13H2,1-2H3,(H,27,28,29)/t16-/m1/s1. The number of aromatic nitrogens is 7. The molecule has 0 saturated carbocycles. The number of carbonyl (C=O) groups is 1. The largest absolute Gasteiger partial charge is 0.478 e. The Labute approximate surface area is 204 Å². The van der Waals surface area contributed by atoms with Crippen LogP contribution < -0.4 is 10.1 Å². The molecular weight excluding hydrogens is 472 g/mol. The van der Waals surface area contributed by atoms with E-state index in [1.165, 1.54) is 13.3 Å². The van der Waals surface area contributed by atoms with Gasteiger partial charge in [-0.1, -0.05) is 0 Å². The number of likely N-dealkylation sites (N-methyl/N-ethyl adjacent to an activating group) is 1. The van der Waals surface area contributed by atoms with Crippen molar-refractivity contribution in [3.8, 4) is 23.0 Å². The van der Waals surface area contributed by atoms with Crippen LogP contribution in [0.1, 0.15) is 17.9 Å². The van der Waals surface area contributed by atoms with E-state index in [1.54, 1.807) is 47.5 Å². The molecule has 11 nitrogen and oxygen atoms in total. The van der Waals surface area contributed by atoms with Gasteiger partial charge in [0.2, 0.25) is 11.9 Å². The number of likely N-dealkylation sites (tertiary alicyclic amines) is 1. The summed E-state index contributed by atoms with van der Waals surface area (Å²) in [5.74, 6) is 0.741. The first-order valence-corrected chi connectivity index (χ1v) is 11.2. The van der Waals surface area contributed by atoms with Crippen LogP contribution in [0.2, 0.25) is 0 Å². The molecule has 1 N–H and O–H groups in total. The van der Waals surface area contributed by atoms with Gasteiger partial charge in [0.15, 0.2) is 5.82 Å². The Kier molecular flexibility index (Phi) is 6.27. The summed E-state index contributed by atoms with van der Waals surface area (Å²) < 4.78 is 33.3. The van der Waals surface area contributed by atoms with Crippen LogP contribution >= 0.6 is 0 Å². The summed E-state index contributed by atoms with van der Waals surface area (Å²) >= 11 is 0. The second-order valence-corrected chi connectivity index (χ2v) is 8.28. The number of carbonyl (C=O) groups excluding carboxylic acids is 1. The lowest BCUT2D eigenvalue weighted by Gasteiger charge is -2.11. The van der Waals surface area contributed by atoms with E-state index in [2.05, 4.69) is 30.5 Å². The number of nitrogens with zero attached hydrogens (tertiary/aromatic N) is 8. The van der Waals surface area contributed by atoms with Crippen LogP contribution in [-0.4, -0.2) is 72.4 Å². The summed E-state index contributed by atoms with van der Waals surface area (Å²) in [6.07, 6.45) is 6.35. The number of pyridine rings is 1. The van der Waals surface area contributed by atoms with Crippen LogP contribution in [0.25, 0.3) is 17.1 Å². The molecule has 1 fully saturated rings. The first kappa shape index (κ1) is 23.3. The Morgan fingerprint density at radius 2 is 2.11 bits per heavy atom. The fraction of sp³-hybridized carbons (Fsp3) is 0.304. The molecular formula is C23H23F2N9O2. The number of hydrogen-bond acceptors (Lipinski definition) is 8. The van der Waals surface area contributed by atoms with Gasteiger partial charge in [-0.3, -0.25) is 14.5 Å². The lowest BCUT2D eigenvalue weighted by Crippen LogP contribution is -2.21. The molecule has 0 spiro atoms. The minimum atomic E-state index is -2.55. The Balaban J connectivity index is 1.36. The normalized spacial score (nSPS) is 15.6. The maximum Gasteiger partial charge on any atom is 0.257 e. The topological polar surface area (TPSA) is 116 Å². The zero-order chi connectivity index (χ0) is 25.2. The second-order valence-electron chi connectivity index (χ2n) is 8.28. The van der Waals surface area contributed by atoms with Crippen molar-refractivity contribution in [2.75, 3.05) is 26.0 Å². The lowest BCUT2D eigenvalue weighted by atomic mass is 9.98. The number of rotatable bonds is 8. The highest BCUT2D eigenvalue weighted by Gasteiger charge is 2.30. The van der Waals surface area contributed by atoms with Crippen LogP contribution in [0.15, 0.2) is 49.2 Å². The Bertz CT molecular complexity index is 1390. The van der Waals surface area contributed by atoms with Gasteiger partial charge in [0.25, 0.3) is 12.3 Å². The van der Waals surface area contributed by atoms with Crippen molar-refractivity contribution in [1.29, 1.82) is 0 Å². The van der Waals surface area contributed by atoms with Crippen molar-refractivity contribution in [2.24, 2.45) is 0 Å². The maximum absolute atomic E-state index is 12.7. The minimum Gasteiger partial charge on any atom is -0.478 e. The number of ether oxygens (including phenoxy) is 1. The summed E-state index contributed by atoms with van der Waals surface area (Å²) in [5, 5.41) is 11.5. The Hall–Kier alpha value is -4.42. The predicted octanol–water partition coefficient (Wildman–Crippen LogP) is 2.88. The van der Waals surface area contributed by atoms with Gasteiger partial charge in [-0.2, -0.15) is 10.1 Å². The van der Waals surface area contributed by atoms with Gasteiger partial charge < -0.3 is 15.0 Å². The van der Waals surface area contributed by atoms with E-state index >= 15 is 0 Å². The van der Waals surface area contributed by atoms with E-state index in [0.29, 0.717) is 17.2 Å². The van der Waals surface area contributed by atoms with Crippen molar-refractivity contribution in [3.05, 3.63) is 54.7 Å². The summed E-state index contributed by atoms with van der Waals surface area (Å²) in [4.78, 5) is 27.1. The third kappa shape index (κ3) is 4.72. The molecule has 1 amide bonds.